The topological polar surface area (TPSA) is 54.5 Å². The van der Waals surface area contributed by atoms with Crippen LogP contribution in [-0.4, -0.2) is 41.5 Å². The second-order valence-corrected chi connectivity index (χ2v) is 8.91. The van der Waals surface area contributed by atoms with E-state index in [9.17, 15) is 13.6 Å². The molecule has 0 radical (unpaired) electrons. The van der Waals surface area contributed by atoms with Crippen molar-refractivity contribution in [1.29, 1.82) is 0 Å². The molecule has 2 aliphatic rings. The van der Waals surface area contributed by atoms with Gasteiger partial charge in [-0.05, 0) is 68.5 Å². The molecule has 4 rings (SSSR count). The number of halogens is 2. The fourth-order valence-electron chi connectivity index (χ4n) is 4.72. The lowest BCUT2D eigenvalue weighted by atomic mass is 9.58. The molecule has 31 heavy (non-hydrogen) atoms. The van der Waals surface area contributed by atoms with E-state index in [1.165, 1.54) is 6.42 Å². The molecule has 1 aliphatic heterocycles. The number of carbonyl (C=O) groups excluding carboxylic acids is 1. The average Bonchev–Trinajstić information content (AvgIpc) is 2.64. The van der Waals surface area contributed by atoms with Crippen LogP contribution in [0.15, 0.2) is 36.4 Å². The Labute approximate surface area is 181 Å². The van der Waals surface area contributed by atoms with E-state index in [0.29, 0.717) is 24.6 Å². The molecule has 0 atom stereocenters. The van der Waals surface area contributed by atoms with Crippen LogP contribution in [0.5, 0.6) is 5.88 Å². The summed E-state index contributed by atoms with van der Waals surface area (Å²) in [7, 11) is 0. The van der Waals surface area contributed by atoms with Gasteiger partial charge < -0.3 is 15.0 Å². The number of nitrogens with one attached hydrogen (secondary N) is 1. The van der Waals surface area contributed by atoms with E-state index in [1.54, 1.807) is 19.1 Å². The number of pyridine rings is 1. The zero-order valence-electron chi connectivity index (χ0n) is 18.2. The highest BCUT2D eigenvalue weighted by Gasteiger charge is 2.54. The van der Waals surface area contributed by atoms with Gasteiger partial charge in [-0.2, -0.15) is 8.78 Å². The van der Waals surface area contributed by atoms with Gasteiger partial charge in [0.15, 0.2) is 0 Å². The van der Waals surface area contributed by atoms with Crippen molar-refractivity contribution in [2.75, 3.05) is 18.4 Å². The van der Waals surface area contributed by atoms with Gasteiger partial charge in [0.2, 0.25) is 11.8 Å². The number of hydrogen-bond donors (Lipinski definition) is 1. The molecule has 1 N–H and O–H groups in total. The van der Waals surface area contributed by atoms with Gasteiger partial charge in [-0.25, -0.2) is 4.98 Å². The summed E-state index contributed by atoms with van der Waals surface area (Å²) >= 11 is 0. The van der Waals surface area contributed by atoms with Crippen molar-refractivity contribution < 1.29 is 18.3 Å². The van der Waals surface area contributed by atoms with Gasteiger partial charge in [-0.15, -0.1) is 0 Å². The normalized spacial score (nSPS) is 23.4. The van der Waals surface area contributed by atoms with Crippen LogP contribution in [0.2, 0.25) is 0 Å². The highest BCUT2D eigenvalue weighted by molar-refractivity contribution is 6.01. The molecule has 166 valence electrons. The first kappa shape index (κ1) is 21.7. The van der Waals surface area contributed by atoms with E-state index in [4.69, 9.17) is 0 Å². The Hall–Kier alpha value is -2.54. The van der Waals surface area contributed by atoms with Crippen molar-refractivity contribution in [3.63, 3.8) is 0 Å². The maximum atomic E-state index is 13.7. The van der Waals surface area contributed by atoms with Gasteiger partial charge in [0, 0.05) is 11.7 Å². The first-order chi connectivity index (χ1) is 14.8. The van der Waals surface area contributed by atoms with Gasteiger partial charge in [0.25, 0.3) is 0 Å². The summed E-state index contributed by atoms with van der Waals surface area (Å²) in [5.41, 5.74) is 2.18. The van der Waals surface area contributed by atoms with E-state index < -0.39 is 12.0 Å². The number of rotatable bonds is 7. The maximum Gasteiger partial charge on any atom is 0.388 e. The summed E-state index contributed by atoms with van der Waals surface area (Å²) in [6, 6.07) is 11.7. The highest BCUT2D eigenvalue weighted by atomic mass is 19.3. The van der Waals surface area contributed by atoms with Crippen LogP contribution in [0, 0.1) is 6.92 Å². The lowest BCUT2D eigenvalue weighted by Crippen LogP contribution is -2.61. The molecule has 2 fully saturated rings. The maximum absolute atomic E-state index is 13.7. The van der Waals surface area contributed by atoms with Gasteiger partial charge in [0.05, 0.1) is 5.41 Å². The minimum absolute atomic E-state index is 0.171. The molecule has 1 saturated heterocycles. The first-order valence-electron chi connectivity index (χ1n) is 10.9. The standard InChI is InChI=1S/C24H29F2N3O2/c1-15(2)18-7-4-5-8-19(18)24(13-17(14-24)29-11-6-12-29)22(30)28-20-10-9-16(3)27-21(20)31-23(25)26/h4-5,7-10,15,17,23H,6,11-14H2,1-3H3,(H,28,30). The zero-order valence-corrected chi connectivity index (χ0v) is 18.2. The highest BCUT2D eigenvalue weighted by Crippen LogP contribution is 2.50. The molecule has 2 aromatic rings. The van der Waals surface area contributed by atoms with E-state index in [-0.39, 0.29) is 23.4 Å². The second kappa shape index (κ2) is 8.54. The summed E-state index contributed by atoms with van der Waals surface area (Å²) in [5.74, 6) is -0.181. The molecule has 2 heterocycles. The largest absolute Gasteiger partial charge is 0.415 e. The molecule has 0 bridgehead atoms. The number of alkyl halides is 2. The van der Waals surface area contributed by atoms with Crippen molar-refractivity contribution in [2.24, 2.45) is 0 Å². The second-order valence-electron chi connectivity index (χ2n) is 8.91. The Morgan fingerprint density at radius 1 is 1.19 bits per heavy atom. The predicted octanol–water partition coefficient (Wildman–Crippen LogP) is 4.86. The van der Waals surface area contributed by atoms with Crippen LogP contribution < -0.4 is 10.1 Å². The van der Waals surface area contributed by atoms with Crippen molar-refractivity contribution in [2.45, 2.75) is 64.0 Å². The van der Waals surface area contributed by atoms with Crippen molar-refractivity contribution in [3.8, 4) is 5.88 Å². The molecule has 0 unspecified atom stereocenters. The van der Waals surface area contributed by atoms with Crippen LogP contribution in [0.1, 0.15) is 55.8 Å². The minimum atomic E-state index is -3.01. The molecular formula is C24H29F2N3O2. The van der Waals surface area contributed by atoms with Crippen LogP contribution in [0.3, 0.4) is 0 Å². The first-order valence-corrected chi connectivity index (χ1v) is 10.9. The van der Waals surface area contributed by atoms with E-state index in [0.717, 1.165) is 24.2 Å². The molecule has 1 saturated carbocycles. The van der Waals surface area contributed by atoms with Crippen LogP contribution >= 0.6 is 0 Å². The molecule has 5 nitrogen and oxygen atoms in total. The zero-order chi connectivity index (χ0) is 22.2. The number of amides is 1. The summed E-state index contributed by atoms with van der Waals surface area (Å²) in [6.45, 7) is 5.06. The van der Waals surface area contributed by atoms with Gasteiger partial charge in [-0.1, -0.05) is 38.1 Å². The van der Waals surface area contributed by atoms with Crippen molar-refractivity contribution >= 4 is 11.6 Å². The fourth-order valence-corrected chi connectivity index (χ4v) is 4.72. The third-order valence-electron chi connectivity index (χ3n) is 6.56. The van der Waals surface area contributed by atoms with Crippen LogP contribution in [0.25, 0.3) is 0 Å². The third-order valence-corrected chi connectivity index (χ3v) is 6.56. The number of likely N-dealkylation sites (tertiary alicyclic amines) is 1. The Bertz CT molecular complexity index is 954. The number of aromatic nitrogens is 1. The molecule has 1 aliphatic carbocycles. The van der Waals surface area contributed by atoms with Crippen molar-refractivity contribution in [1.82, 2.24) is 9.88 Å². The number of nitrogens with zero attached hydrogens (tertiary/aromatic N) is 2. The SMILES string of the molecule is Cc1ccc(NC(=O)C2(c3ccccc3C(C)C)CC(N3CCC3)C2)c(OC(F)F)n1. The predicted molar refractivity (Wildman–Crippen MR) is 116 cm³/mol. The Morgan fingerprint density at radius 3 is 2.52 bits per heavy atom. The fraction of sp³-hybridized carbons (Fsp3) is 0.500. The van der Waals surface area contributed by atoms with E-state index >= 15 is 0 Å². The summed E-state index contributed by atoms with van der Waals surface area (Å²) in [6.07, 6.45) is 2.63. The Kier molecular flexibility index (Phi) is 5.97. The van der Waals surface area contributed by atoms with Gasteiger partial charge in [-0.3, -0.25) is 4.79 Å². The summed E-state index contributed by atoms with van der Waals surface area (Å²) < 4.78 is 30.4. The molecule has 1 aromatic carbocycles. The van der Waals surface area contributed by atoms with Gasteiger partial charge in [0.1, 0.15) is 5.69 Å². The Balaban J connectivity index is 1.67. The van der Waals surface area contributed by atoms with E-state index in [2.05, 4.69) is 39.9 Å². The third kappa shape index (κ3) is 4.15. The molecule has 7 heteroatoms. The summed E-state index contributed by atoms with van der Waals surface area (Å²) in [4.78, 5) is 20.2. The Morgan fingerprint density at radius 2 is 1.90 bits per heavy atom. The van der Waals surface area contributed by atoms with Crippen LogP contribution in [-0.2, 0) is 10.2 Å². The number of ether oxygens (including phenoxy) is 1. The number of aryl methyl sites for hydroxylation is 1. The number of hydrogen-bond acceptors (Lipinski definition) is 4. The van der Waals surface area contributed by atoms with Crippen molar-refractivity contribution in [3.05, 3.63) is 53.2 Å². The molecule has 1 aromatic heterocycles. The molecular weight excluding hydrogens is 400 g/mol. The number of benzene rings is 1. The molecule has 1 amide bonds. The molecule has 0 spiro atoms. The smallest absolute Gasteiger partial charge is 0.388 e. The number of carbonyl (C=O) groups is 1. The minimum Gasteiger partial charge on any atom is -0.415 e. The number of anilines is 1. The monoisotopic (exact) mass is 429 g/mol. The van der Waals surface area contributed by atoms with E-state index in [1.807, 2.05) is 18.2 Å². The lowest BCUT2D eigenvalue weighted by Gasteiger charge is -2.54. The van der Waals surface area contributed by atoms with Crippen LogP contribution in [0.4, 0.5) is 14.5 Å². The summed E-state index contributed by atoms with van der Waals surface area (Å²) in [5, 5.41) is 2.87. The quantitative estimate of drug-likeness (QED) is 0.683. The van der Waals surface area contributed by atoms with Gasteiger partial charge >= 0.3 is 6.61 Å². The lowest BCUT2D eigenvalue weighted by molar-refractivity contribution is -0.128. The average molecular weight is 430 g/mol.